The predicted octanol–water partition coefficient (Wildman–Crippen LogP) is 5.00. The van der Waals surface area contributed by atoms with Gasteiger partial charge in [-0.05, 0) is 24.6 Å². The van der Waals surface area contributed by atoms with Crippen LogP contribution in [-0.4, -0.2) is 29.4 Å². The topological polar surface area (TPSA) is 45.2 Å². The molecule has 0 spiro atoms. The minimum absolute atomic E-state index is 0.0493. The van der Waals surface area contributed by atoms with E-state index in [0.717, 1.165) is 19.4 Å². The zero-order valence-electron chi connectivity index (χ0n) is 13.1. The molecule has 0 radical (unpaired) electrons. The Labute approximate surface area is 146 Å². The summed E-state index contributed by atoms with van der Waals surface area (Å²) in [4.78, 5) is 18.2. The van der Waals surface area contributed by atoms with Gasteiger partial charge < -0.3 is 10.2 Å². The molecule has 0 aliphatic carbocycles. The first-order chi connectivity index (χ1) is 11.0. The lowest BCUT2D eigenvalue weighted by molar-refractivity contribution is 0.0793. The molecular weight excluding hydrogens is 333 g/mol. The van der Waals surface area contributed by atoms with Crippen molar-refractivity contribution in [1.29, 1.82) is 0 Å². The summed E-state index contributed by atoms with van der Waals surface area (Å²) in [6.45, 7) is 2.83. The number of nitrogens with zero attached hydrogens (tertiary/aromatic N) is 2. The summed E-state index contributed by atoms with van der Waals surface area (Å²) in [5.41, 5.74) is 1.89. The highest BCUT2D eigenvalue weighted by Crippen LogP contribution is 2.31. The molecule has 0 saturated carbocycles. The number of rotatable bonds is 6. The van der Waals surface area contributed by atoms with E-state index in [-0.39, 0.29) is 5.91 Å². The molecule has 23 heavy (non-hydrogen) atoms. The molecule has 0 atom stereocenters. The van der Waals surface area contributed by atoms with Crippen molar-refractivity contribution in [2.45, 2.75) is 19.8 Å². The Morgan fingerprint density at radius 2 is 2.09 bits per heavy atom. The van der Waals surface area contributed by atoms with Gasteiger partial charge in [0, 0.05) is 19.8 Å². The molecule has 0 fully saturated rings. The molecule has 4 nitrogen and oxygen atoms in total. The first-order valence-corrected chi connectivity index (χ1v) is 8.20. The molecule has 122 valence electrons. The monoisotopic (exact) mass is 351 g/mol. The van der Waals surface area contributed by atoms with Crippen molar-refractivity contribution in [3.63, 3.8) is 0 Å². The van der Waals surface area contributed by atoms with Gasteiger partial charge in [0.15, 0.2) is 0 Å². The second-order valence-corrected chi connectivity index (χ2v) is 6.05. The number of anilines is 2. The lowest BCUT2D eigenvalue weighted by Gasteiger charge is -2.17. The van der Waals surface area contributed by atoms with E-state index in [1.807, 2.05) is 6.07 Å². The van der Waals surface area contributed by atoms with Crippen LogP contribution < -0.4 is 5.32 Å². The van der Waals surface area contributed by atoms with Crippen LogP contribution in [0, 0.1) is 0 Å². The van der Waals surface area contributed by atoms with Crippen LogP contribution in [0.4, 0.5) is 11.4 Å². The minimum Gasteiger partial charge on any atom is -0.353 e. The lowest BCUT2D eigenvalue weighted by atomic mass is 10.2. The van der Waals surface area contributed by atoms with E-state index < -0.39 is 0 Å². The van der Waals surface area contributed by atoms with Gasteiger partial charge in [-0.15, -0.1) is 0 Å². The van der Waals surface area contributed by atoms with Crippen molar-refractivity contribution in [3.05, 3.63) is 52.3 Å². The third-order valence-electron chi connectivity index (χ3n) is 3.41. The number of carbonyl (C=O) groups is 1. The zero-order valence-corrected chi connectivity index (χ0v) is 14.7. The maximum absolute atomic E-state index is 12.4. The summed E-state index contributed by atoms with van der Waals surface area (Å²) in [6.07, 6.45) is 5.23. The highest BCUT2D eigenvalue weighted by atomic mass is 35.5. The maximum Gasteiger partial charge on any atom is 0.255 e. The largest absolute Gasteiger partial charge is 0.353 e. The molecule has 1 aromatic heterocycles. The van der Waals surface area contributed by atoms with E-state index in [1.54, 1.807) is 42.5 Å². The molecule has 1 amide bonds. The van der Waals surface area contributed by atoms with Crippen LogP contribution >= 0.6 is 23.2 Å². The Morgan fingerprint density at radius 1 is 1.30 bits per heavy atom. The standard InChI is InChI=1S/C17H19Cl2N3O/c1-3-4-8-22(2)17(23)12-9-13(11-20-10-12)21-15-7-5-6-14(18)16(15)19/h5-7,9-11,21H,3-4,8H2,1-2H3. The maximum atomic E-state index is 12.4. The van der Waals surface area contributed by atoms with Crippen LogP contribution in [0.2, 0.25) is 10.0 Å². The van der Waals surface area contributed by atoms with Gasteiger partial charge in [-0.3, -0.25) is 9.78 Å². The molecular formula is C17H19Cl2N3O. The normalized spacial score (nSPS) is 10.4. The highest BCUT2D eigenvalue weighted by molar-refractivity contribution is 6.43. The SMILES string of the molecule is CCCCN(C)C(=O)c1cncc(Nc2cccc(Cl)c2Cl)c1. The van der Waals surface area contributed by atoms with Gasteiger partial charge in [0.1, 0.15) is 0 Å². The molecule has 1 aromatic carbocycles. The first kappa shape index (κ1) is 17.6. The summed E-state index contributed by atoms with van der Waals surface area (Å²) in [7, 11) is 1.80. The number of hydrogen-bond donors (Lipinski definition) is 1. The molecule has 0 unspecified atom stereocenters. The van der Waals surface area contributed by atoms with Crippen LogP contribution in [0.3, 0.4) is 0 Å². The molecule has 0 bridgehead atoms. The van der Waals surface area contributed by atoms with Crippen molar-refractivity contribution < 1.29 is 4.79 Å². The summed E-state index contributed by atoms with van der Waals surface area (Å²) in [5.74, 6) is -0.0493. The Morgan fingerprint density at radius 3 is 2.83 bits per heavy atom. The van der Waals surface area contributed by atoms with E-state index in [1.165, 1.54) is 0 Å². The Kier molecular flexibility index (Phi) is 6.25. The lowest BCUT2D eigenvalue weighted by Crippen LogP contribution is -2.27. The number of nitrogens with one attached hydrogen (secondary N) is 1. The van der Waals surface area contributed by atoms with Gasteiger partial charge in [0.25, 0.3) is 5.91 Å². The van der Waals surface area contributed by atoms with Crippen molar-refractivity contribution in [3.8, 4) is 0 Å². The van der Waals surface area contributed by atoms with Gasteiger partial charge in [0.05, 0.1) is 33.2 Å². The fourth-order valence-electron chi connectivity index (χ4n) is 2.10. The Bertz CT molecular complexity index is 691. The molecule has 2 aromatic rings. The molecule has 2 rings (SSSR count). The van der Waals surface area contributed by atoms with E-state index in [0.29, 0.717) is 27.0 Å². The summed E-state index contributed by atoms with van der Waals surface area (Å²) in [5, 5.41) is 4.05. The first-order valence-electron chi connectivity index (χ1n) is 7.44. The molecule has 1 heterocycles. The third kappa shape index (κ3) is 4.60. The van der Waals surface area contributed by atoms with Gasteiger partial charge in [0.2, 0.25) is 0 Å². The fraction of sp³-hybridized carbons (Fsp3) is 0.294. The van der Waals surface area contributed by atoms with Gasteiger partial charge in [-0.25, -0.2) is 0 Å². The van der Waals surface area contributed by atoms with Gasteiger partial charge in [-0.2, -0.15) is 0 Å². The third-order valence-corrected chi connectivity index (χ3v) is 4.23. The second-order valence-electron chi connectivity index (χ2n) is 5.27. The minimum atomic E-state index is -0.0493. The van der Waals surface area contributed by atoms with E-state index in [9.17, 15) is 4.79 Å². The second kappa shape index (κ2) is 8.18. The molecule has 1 N–H and O–H groups in total. The van der Waals surface area contributed by atoms with E-state index >= 15 is 0 Å². The van der Waals surface area contributed by atoms with Crippen molar-refractivity contribution >= 4 is 40.5 Å². The average molecular weight is 352 g/mol. The molecule has 0 saturated heterocycles. The summed E-state index contributed by atoms with van der Waals surface area (Å²) in [6, 6.07) is 7.10. The number of amides is 1. The average Bonchev–Trinajstić information content (AvgIpc) is 2.56. The summed E-state index contributed by atoms with van der Waals surface area (Å²) >= 11 is 12.2. The predicted molar refractivity (Wildman–Crippen MR) is 95.9 cm³/mol. The van der Waals surface area contributed by atoms with Crippen LogP contribution in [0.25, 0.3) is 0 Å². The van der Waals surface area contributed by atoms with Crippen molar-refractivity contribution in [1.82, 2.24) is 9.88 Å². The van der Waals surface area contributed by atoms with Gasteiger partial charge in [-0.1, -0.05) is 42.6 Å². The smallest absolute Gasteiger partial charge is 0.255 e. The molecule has 0 aliphatic rings. The number of unbranched alkanes of at least 4 members (excludes halogenated alkanes) is 1. The van der Waals surface area contributed by atoms with Gasteiger partial charge >= 0.3 is 0 Å². The number of aromatic nitrogens is 1. The quantitative estimate of drug-likeness (QED) is 0.795. The van der Waals surface area contributed by atoms with E-state index in [4.69, 9.17) is 23.2 Å². The van der Waals surface area contributed by atoms with Crippen LogP contribution in [0.15, 0.2) is 36.7 Å². The van der Waals surface area contributed by atoms with E-state index in [2.05, 4.69) is 17.2 Å². The zero-order chi connectivity index (χ0) is 16.8. The van der Waals surface area contributed by atoms with Crippen LogP contribution in [0.1, 0.15) is 30.1 Å². The number of benzene rings is 1. The Balaban J connectivity index is 2.16. The summed E-state index contributed by atoms with van der Waals surface area (Å²) < 4.78 is 0. The number of halogens is 2. The number of pyridine rings is 1. The molecule has 0 aliphatic heterocycles. The molecule has 6 heteroatoms. The van der Waals surface area contributed by atoms with Crippen molar-refractivity contribution in [2.75, 3.05) is 18.9 Å². The number of hydrogen-bond acceptors (Lipinski definition) is 3. The van der Waals surface area contributed by atoms with Crippen molar-refractivity contribution in [2.24, 2.45) is 0 Å². The number of carbonyl (C=O) groups excluding carboxylic acids is 1. The highest BCUT2D eigenvalue weighted by Gasteiger charge is 2.13. The van der Waals surface area contributed by atoms with Crippen LogP contribution in [-0.2, 0) is 0 Å². The Hall–Kier alpha value is -1.78. The fourth-order valence-corrected chi connectivity index (χ4v) is 2.45. The van der Waals surface area contributed by atoms with Crippen LogP contribution in [0.5, 0.6) is 0 Å².